The average Bonchev–Trinajstić information content (AvgIpc) is 3.18. The molecule has 0 aliphatic rings. The zero-order valence-corrected chi connectivity index (χ0v) is 17.7. The molecule has 0 fully saturated rings. The van der Waals surface area contributed by atoms with Crippen molar-refractivity contribution in [3.8, 4) is 0 Å². The standard InChI is InChI=1S/C21H27ClN2O2S/c1-4-16(2)24(21(26)17(3)22)15-20(25)23(14-19-11-8-12-27-19)13-18-9-6-5-7-10-18/h5-12,16-17H,4,13-15H2,1-3H3/t16-,17+/m0/s1. The van der Waals surface area contributed by atoms with E-state index in [9.17, 15) is 9.59 Å². The van der Waals surface area contributed by atoms with Crippen LogP contribution in [0.25, 0.3) is 0 Å². The van der Waals surface area contributed by atoms with Crippen LogP contribution in [0.15, 0.2) is 47.8 Å². The van der Waals surface area contributed by atoms with Crippen LogP contribution in [0.1, 0.15) is 37.6 Å². The van der Waals surface area contributed by atoms with E-state index in [0.717, 1.165) is 16.9 Å². The Kier molecular flexibility index (Phi) is 8.32. The first-order chi connectivity index (χ1) is 12.9. The normalized spacial score (nSPS) is 13.0. The van der Waals surface area contributed by atoms with E-state index in [2.05, 4.69) is 0 Å². The number of amides is 2. The van der Waals surface area contributed by atoms with E-state index in [-0.39, 0.29) is 24.4 Å². The zero-order valence-electron chi connectivity index (χ0n) is 16.1. The smallest absolute Gasteiger partial charge is 0.242 e. The Hall–Kier alpha value is -1.85. The fraction of sp³-hybridized carbons (Fsp3) is 0.429. The van der Waals surface area contributed by atoms with Crippen LogP contribution in [0, 0.1) is 0 Å². The zero-order chi connectivity index (χ0) is 19.8. The van der Waals surface area contributed by atoms with E-state index in [1.54, 1.807) is 23.2 Å². The van der Waals surface area contributed by atoms with E-state index in [0.29, 0.717) is 13.1 Å². The topological polar surface area (TPSA) is 40.6 Å². The Labute approximate surface area is 170 Å². The number of carbonyl (C=O) groups excluding carboxylic acids is 2. The van der Waals surface area contributed by atoms with E-state index in [1.165, 1.54) is 0 Å². The summed E-state index contributed by atoms with van der Waals surface area (Å²) >= 11 is 7.64. The van der Waals surface area contributed by atoms with Crippen molar-refractivity contribution in [3.63, 3.8) is 0 Å². The van der Waals surface area contributed by atoms with Crippen molar-refractivity contribution in [2.45, 2.75) is 51.7 Å². The average molecular weight is 407 g/mol. The van der Waals surface area contributed by atoms with Crippen LogP contribution in [0.3, 0.4) is 0 Å². The quantitative estimate of drug-likeness (QED) is 0.574. The maximum Gasteiger partial charge on any atom is 0.242 e. The second kappa shape index (κ2) is 10.5. The Bertz CT molecular complexity index is 719. The summed E-state index contributed by atoms with van der Waals surface area (Å²) in [4.78, 5) is 30.2. The minimum absolute atomic E-state index is 0.0389. The van der Waals surface area contributed by atoms with E-state index >= 15 is 0 Å². The summed E-state index contributed by atoms with van der Waals surface area (Å²) in [5, 5.41) is 1.36. The first kappa shape index (κ1) is 21.5. The van der Waals surface area contributed by atoms with Gasteiger partial charge in [-0.2, -0.15) is 0 Å². The van der Waals surface area contributed by atoms with Gasteiger partial charge < -0.3 is 9.80 Å². The summed E-state index contributed by atoms with van der Waals surface area (Å²) in [5.41, 5.74) is 1.06. The number of thiophene rings is 1. The molecule has 2 atom stereocenters. The number of halogens is 1. The molecule has 0 spiro atoms. The molecule has 0 unspecified atom stereocenters. The third-order valence-corrected chi connectivity index (χ3v) is 5.60. The number of alkyl halides is 1. The monoisotopic (exact) mass is 406 g/mol. The summed E-state index contributed by atoms with van der Waals surface area (Å²) in [6, 6.07) is 13.9. The van der Waals surface area contributed by atoms with Crippen molar-refractivity contribution in [1.82, 2.24) is 9.80 Å². The summed E-state index contributed by atoms with van der Waals surface area (Å²) in [5.74, 6) is -0.270. The molecule has 2 rings (SSSR count). The fourth-order valence-electron chi connectivity index (χ4n) is 2.77. The van der Waals surface area contributed by atoms with Gasteiger partial charge in [-0.05, 0) is 37.3 Å². The number of nitrogens with zero attached hydrogens (tertiary/aromatic N) is 2. The van der Waals surface area contributed by atoms with Crippen LogP contribution >= 0.6 is 22.9 Å². The molecule has 1 heterocycles. The molecule has 146 valence electrons. The molecule has 1 aromatic carbocycles. The van der Waals surface area contributed by atoms with Crippen molar-refractivity contribution in [3.05, 3.63) is 58.3 Å². The number of carbonyl (C=O) groups is 2. The van der Waals surface area contributed by atoms with Crippen LogP contribution in [-0.4, -0.2) is 39.6 Å². The molecule has 0 bridgehead atoms. The van der Waals surface area contributed by atoms with Gasteiger partial charge in [0.1, 0.15) is 11.9 Å². The SMILES string of the molecule is CC[C@H](C)N(CC(=O)N(Cc1ccccc1)Cc1cccs1)C(=O)[C@@H](C)Cl. The molecule has 0 saturated heterocycles. The van der Waals surface area contributed by atoms with Gasteiger partial charge in [-0.3, -0.25) is 9.59 Å². The first-order valence-electron chi connectivity index (χ1n) is 9.21. The van der Waals surface area contributed by atoms with Gasteiger partial charge in [-0.25, -0.2) is 0 Å². The van der Waals surface area contributed by atoms with Crippen LogP contribution < -0.4 is 0 Å². The molecule has 0 aliphatic carbocycles. The maximum absolute atomic E-state index is 13.1. The van der Waals surface area contributed by atoms with Crippen molar-refractivity contribution in [1.29, 1.82) is 0 Å². The Morgan fingerprint density at radius 3 is 2.33 bits per heavy atom. The minimum atomic E-state index is -0.647. The van der Waals surface area contributed by atoms with Gasteiger partial charge in [0, 0.05) is 17.5 Å². The third-order valence-electron chi connectivity index (χ3n) is 4.55. The molecule has 0 radical (unpaired) electrons. The minimum Gasteiger partial charge on any atom is -0.332 e. The van der Waals surface area contributed by atoms with Crippen LogP contribution in [0.4, 0.5) is 0 Å². The molecule has 4 nitrogen and oxygen atoms in total. The Balaban J connectivity index is 2.18. The lowest BCUT2D eigenvalue weighted by molar-refractivity contribution is -0.142. The van der Waals surface area contributed by atoms with Crippen molar-refractivity contribution < 1.29 is 9.59 Å². The lowest BCUT2D eigenvalue weighted by Gasteiger charge is -2.32. The molecule has 0 aliphatic heterocycles. The summed E-state index contributed by atoms with van der Waals surface area (Å²) in [6.45, 7) is 6.69. The molecule has 1 aromatic heterocycles. The van der Waals surface area contributed by atoms with Crippen LogP contribution in [-0.2, 0) is 22.7 Å². The molecule has 2 amide bonds. The molecule has 2 aromatic rings. The van der Waals surface area contributed by atoms with Gasteiger partial charge in [0.2, 0.25) is 11.8 Å². The van der Waals surface area contributed by atoms with Gasteiger partial charge in [-0.15, -0.1) is 22.9 Å². The molecule has 6 heteroatoms. The lowest BCUT2D eigenvalue weighted by Crippen LogP contribution is -2.48. The highest BCUT2D eigenvalue weighted by molar-refractivity contribution is 7.09. The molecule has 0 saturated carbocycles. The highest BCUT2D eigenvalue weighted by atomic mass is 35.5. The summed E-state index contributed by atoms with van der Waals surface area (Å²) < 4.78 is 0. The van der Waals surface area contributed by atoms with E-state index in [4.69, 9.17) is 11.6 Å². The van der Waals surface area contributed by atoms with Gasteiger partial charge in [-0.1, -0.05) is 43.3 Å². The predicted octanol–water partition coefficient (Wildman–Crippen LogP) is 4.53. The largest absolute Gasteiger partial charge is 0.332 e. The van der Waals surface area contributed by atoms with Crippen molar-refractivity contribution in [2.24, 2.45) is 0 Å². The highest BCUT2D eigenvalue weighted by Gasteiger charge is 2.27. The summed E-state index contributed by atoms with van der Waals surface area (Å²) in [6.07, 6.45) is 0.770. The summed E-state index contributed by atoms with van der Waals surface area (Å²) in [7, 11) is 0. The highest BCUT2D eigenvalue weighted by Crippen LogP contribution is 2.16. The van der Waals surface area contributed by atoms with Crippen LogP contribution in [0.5, 0.6) is 0 Å². The van der Waals surface area contributed by atoms with Crippen molar-refractivity contribution in [2.75, 3.05) is 6.54 Å². The van der Waals surface area contributed by atoms with Gasteiger partial charge in [0.05, 0.1) is 6.54 Å². The second-order valence-electron chi connectivity index (χ2n) is 6.65. The fourth-order valence-corrected chi connectivity index (χ4v) is 3.62. The molecular formula is C21H27ClN2O2S. The van der Waals surface area contributed by atoms with Crippen LogP contribution in [0.2, 0.25) is 0 Å². The molecule has 27 heavy (non-hydrogen) atoms. The lowest BCUT2D eigenvalue weighted by atomic mass is 10.2. The number of hydrogen-bond donors (Lipinski definition) is 0. The van der Waals surface area contributed by atoms with Gasteiger partial charge in [0.15, 0.2) is 0 Å². The number of benzene rings is 1. The first-order valence-corrected chi connectivity index (χ1v) is 10.5. The number of hydrogen-bond acceptors (Lipinski definition) is 3. The Morgan fingerprint density at radius 2 is 1.78 bits per heavy atom. The number of rotatable bonds is 9. The van der Waals surface area contributed by atoms with E-state index in [1.807, 2.05) is 66.6 Å². The predicted molar refractivity (Wildman–Crippen MR) is 112 cm³/mol. The van der Waals surface area contributed by atoms with E-state index < -0.39 is 5.38 Å². The van der Waals surface area contributed by atoms with Gasteiger partial charge >= 0.3 is 0 Å². The molecular weight excluding hydrogens is 380 g/mol. The van der Waals surface area contributed by atoms with Gasteiger partial charge in [0.25, 0.3) is 0 Å². The second-order valence-corrected chi connectivity index (χ2v) is 8.34. The van der Waals surface area contributed by atoms with Crippen molar-refractivity contribution >= 4 is 34.8 Å². The maximum atomic E-state index is 13.1. The molecule has 0 N–H and O–H groups in total. The Morgan fingerprint density at radius 1 is 1.07 bits per heavy atom. The third kappa shape index (κ3) is 6.36.